The van der Waals surface area contributed by atoms with Gasteiger partial charge in [-0.15, -0.1) is 0 Å². The van der Waals surface area contributed by atoms with Crippen LogP contribution in [0, 0.1) is 25.2 Å². The Morgan fingerprint density at radius 2 is 2.27 bits per heavy atom. The zero-order valence-electron chi connectivity index (χ0n) is 9.39. The highest BCUT2D eigenvalue weighted by molar-refractivity contribution is 5.60. The van der Waals surface area contributed by atoms with Crippen molar-refractivity contribution in [3.05, 3.63) is 35.2 Å². The fourth-order valence-electron chi connectivity index (χ4n) is 1.36. The number of pyridine rings is 1. The molecule has 0 saturated heterocycles. The molecule has 0 aliphatic heterocycles. The molecule has 15 heavy (non-hydrogen) atoms. The van der Waals surface area contributed by atoms with Crippen LogP contribution in [0.25, 0.3) is 0 Å². The van der Waals surface area contributed by atoms with Crippen molar-refractivity contribution in [2.24, 2.45) is 0 Å². The van der Waals surface area contributed by atoms with Gasteiger partial charge in [-0.05, 0) is 26.8 Å². The molecule has 0 unspecified atom stereocenters. The van der Waals surface area contributed by atoms with Gasteiger partial charge in [-0.2, -0.15) is 5.26 Å². The van der Waals surface area contributed by atoms with E-state index in [9.17, 15) is 0 Å². The number of aryl methyl sites for hydroxylation is 2. The molecule has 0 amide bonds. The van der Waals surface area contributed by atoms with Gasteiger partial charge in [0.25, 0.3) is 0 Å². The molecule has 78 valence electrons. The Morgan fingerprint density at radius 3 is 2.80 bits per heavy atom. The molecular weight excluding hydrogens is 186 g/mol. The average molecular weight is 201 g/mol. The van der Waals surface area contributed by atoms with Gasteiger partial charge >= 0.3 is 0 Å². The van der Waals surface area contributed by atoms with Gasteiger partial charge in [-0.3, -0.25) is 4.98 Å². The molecule has 1 rings (SSSR count). The third-order valence-corrected chi connectivity index (χ3v) is 2.02. The van der Waals surface area contributed by atoms with E-state index in [0.717, 1.165) is 22.6 Å². The van der Waals surface area contributed by atoms with Crippen molar-refractivity contribution in [2.45, 2.75) is 20.8 Å². The number of nitriles is 1. The summed E-state index contributed by atoms with van der Waals surface area (Å²) in [5.41, 5.74) is 4.16. The standard InChI is InChI=1S/C12H15N3/c1-8(2)7-14-12-5-9(3)15-10(4)11(12)6-13/h5H,1,7H2,2-4H3,(H,14,15). The van der Waals surface area contributed by atoms with Crippen LogP contribution in [-0.4, -0.2) is 11.5 Å². The maximum absolute atomic E-state index is 9.00. The fraction of sp³-hybridized carbons (Fsp3) is 0.333. The van der Waals surface area contributed by atoms with Crippen molar-refractivity contribution in [1.82, 2.24) is 4.98 Å². The number of anilines is 1. The molecule has 1 N–H and O–H groups in total. The Labute approximate surface area is 90.5 Å². The lowest BCUT2D eigenvalue weighted by Gasteiger charge is -2.10. The molecule has 0 fully saturated rings. The highest BCUT2D eigenvalue weighted by Crippen LogP contribution is 2.18. The summed E-state index contributed by atoms with van der Waals surface area (Å²) in [5.74, 6) is 0. The molecule has 0 atom stereocenters. The molecule has 1 heterocycles. The topological polar surface area (TPSA) is 48.7 Å². The largest absolute Gasteiger partial charge is 0.380 e. The number of rotatable bonds is 3. The second kappa shape index (κ2) is 4.61. The summed E-state index contributed by atoms with van der Waals surface area (Å²) in [6, 6.07) is 4.04. The van der Waals surface area contributed by atoms with Crippen LogP contribution < -0.4 is 5.32 Å². The van der Waals surface area contributed by atoms with E-state index >= 15 is 0 Å². The SMILES string of the molecule is C=C(C)CNc1cc(C)nc(C)c1C#N. The highest BCUT2D eigenvalue weighted by Gasteiger charge is 2.06. The van der Waals surface area contributed by atoms with Crippen LogP contribution in [0.15, 0.2) is 18.2 Å². The van der Waals surface area contributed by atoms with Crippen LogP contribution in [0.3, 0.4) is 0 Å². The van der Waals surface area contributed by atoms with Gasteiger partial charge in [0.2, 0.25) is 0 Å². The minimum atomic E-state index is 0.613. The van der Waals surface area contributed by atoms with E-state index in [4.69, 9.17) is 5.26 Å². The Morgan fingerprint density at radius 1 is 1.60 bits per heavy atom. The normalized spacial score (nSPS) is 9.47. The van der Waals surface area contributed by atoms with E-state index in [0.29, 0.717) is 12.1 Å². The molecule has 0 bridgehead atoms. The van der Waals surface area contributed by atoms with E-state index in [1.165, 1.54) is 0 Å². The Hall–Kier alpha value is -1.82. The monoisotopic (exact) mass is 201 g/mol. The maximum Gasteiger partial charge on any atom is 0.103 e. The molecule has 0 radical (unpaired) electrons. The molecule has 3 nitrogen and oxygen atoms in total. The first-order valence-corrected chi connectivity index (χ1v) is 4.81. The third-order valence-electron chi connectivity index (χ3n) is 2.02. The van der Waals surface area contributed by atoms with Gasteiger partial charge in [0.05, 0.1) is 16.9 Å². The molecule has 0 aliphatic rings. The van der Waals surface area contributed by atoms with Crippen molar-refractivity contribution in [2.75, 3.05) is 11.9 Å². The first kappa shape index (κ1) is 11.3. The number of hydrogen-bond acceptors (Lipinski definition) is 3. The second-order valence-electron chi connectivity index (χ2n) is 3.69. The van der Waals surface area contributed by atoms with E-state index < -0.39 is 0 Å². The van der Waals surface area contributed by atoms with Crippen LogP contribution >= 0.6 is 0 Å². The lowest BCUT2D eigenvalue weighted by atomic mass is 10.1. The first-order chi connectivity index (χ1) is 7.04. The molecule has 0 aliphatic carbocycles. The third kappa shape index (κ3) is 2.81. The number of nitrogens with zero attached hydrogens (tertiary/aromatic N) is 2. The minimum absolute atomic E-state index is 0.613. The fourth-order valence-corrected chi connectivity index (χ4v) is 1.36. The van der Waals surface area contributed by atoms with Crippen molar-refractivity contribution >= 4 is 5.69 Å². The first-order valence-electron chi connectivity index (χ1n) is 4.81. The number of nitrogens with one attached hydrogen (secondary N) is 1. The van der Waals surface area contributed by atoms with Crippen LogP contribution in [0.4, 0.5) is 5.69 Å². The van der Waals surface area contributed by atoms with Crippen LogP contribution in [-0.2, 0) is 0 Å². The quantitative estimate of drug-likeness (QED) is 0.764. The summed E-state index contributed by atoms with van der Waals surface area (Å²) >= 11 is 0. The predicted octanol–water partition coefficient (Wildman–Crippen LogP) is 2.56. The van der Waals surface area contributed by atoms with Gasteiger partial charge in [-0.25, -0.2) is 0 Å². The summed E-state index contributed by atoms with van der Waals surface area (Å²) in [7, 11) is 0. The van der Waals surface area contributed by atoms with Crippen molar-refractivity contribution in [1.29, 1.82) is 5.26 Å². The molecule has 1 aromatic heterocycles. The Bertz CT molecular complexity index is 427. The van der Waals surface area contributed by atoms with Crippen LogP contribution in [0.1, 0.15) is 23.9 Å². The molecule has 0 aromatic carbocycles. The summed E-state index contributed by atoms with van der Waals surface area (Å²) in [5, 5.41) is 12.2. The zero-order chi connectivity index (χ0) is 11.4. The van der Waals surface area contributed by atoms with Gasteiger partial charge in [0.15, 0.2) is 0 Å². The van der Waals surface area contributed by atoms with E-state index in [-0.39, 0.29) is 0 Å². The van der Waals surface area contributed by atoms with Gasteiger partial charge in [0, 0.05) is 12.2 Å². The Balaban J connectivity index is 3.05. The predicted molar refractivity (Wildman–Crippen MR) is 61.7 cm³/mol. The van der Waals surface area contributed by atoms with Crippen molar-refractivity contribution in [3.8, 4) is 6.07 Å². The van der Waals surface area contributed by atoms with Crippen molar-refractivity contribution < 1.29 is 0 Å². The number of hydrogen-bond donors (Lipinski definition) is 1. The van der Waals surface area contributed by atoms with Gasteiger partial charge in [-0.1, -0.05) is 12.2 Å². The number of aromatic nitrogens is 1. The molecule has 0 spiro atoms. The average Bonchev–Trinajstić information content (AvgIpc) is 2.13. The molecule has 0 saturated carbocycles. The van der Waals surface area contributed by atoms with Gasteiger partial charge < -0.3 is 5.32 Å². The molecule has 3 heteroatoms. The van der Waals surface area contributed by atoms with E-state index in [1.807, 2.05) is 26.8 Å². The van der Waals surface area contributed by atoms with E-state index in [1.54, 1.807) is 0 Å². The van der Waals surface area contributed by atoms with Crippen LogP contribution in [0.2, 0.25) is 0 Å². The summed E-state index contributed by atoms with van der Waals surface area (Å²) in [6.45, 7) is 10.2. The summed E-state index contributed by atoms with van der Waals surface area (Å²) in [6.07, 6.45) is 0. The Kier molecular flexibility index (Phi) is 3.46. The van der Waals surface area contributed by atoms with Gasteiger partial charge in [0.1, 0.15) is 6.07 Å². The highest BCUT2D eigenvalue weighted by atomic mass is 14.9. The zero-order valence-corrected chi connectivity index (χ0v) is 9.39. The van der Waals surface area contributed by atoms with E-state index in [2.05, 4.69) is 22.9 Å². The van der Waals surface area contributed by atoms with Crippen LogP contribution in [0.5, 0.6) is 0 Å². The smallest absolute Gasteiger partial charge is 0.103 e. The van der Waals surface area contributed by atoms with Crippen molar-refractivity contribution in [3.63, 3.8) is 0 Å². The second-order valence-corrected chi connectivity index (χ2v) is 3.69. The molecule has 1 aromatic rings. The lowest BCUT2D eigenvalue weighted by Crippen LogP contribution is -2.06. The minimum Gasteiger partial charge on any atom is -0.380 e. The maximum atomic E-state index is 9.00. The lowest BCUT2D eigenvalue weighted by molar-refractivity contribution is 1.10. The summed E-state index contributed by atoms with van der Waals surface area (Å²) < 4.78 is 0. The molecular formula is C12H15N3. The summed E-state index contributed by atoms with van der Waals surface area (Å²) in [4.78, 5) is 4.25.